The van der Waals surface area contributed by atoms with Crippen LogP contribution in [-0.4, -0.2) is 32.3 Å². The molecule has 3 N–H and O–H groups in total. The van der Waals surface area contributed by atoms with Crippen molar-refractivity contribution in [3.05, 3.63) is 0 Å². The summed E-state index contributed by atoms with van der Waals surface area (Å²) in [4.78, 5) is 0. The van der Waals surface area contributed by atoms with E-state index < -0.39 is 0 Å². The maximum Gasteiger partial charge on any atom is 0.0587 e. The molecule has 0 amide bonds. The molecular formula is C12H26N2O. The lowest BCUT2D eigenvalue weighted by Crippen LogP contribution is -2.54. The fraction of sp³-hybridized carbons (Fsp3) is 1.00. The molecule has 90 valence electrons. The molecule has 3 heteroatoms. The van der Waals surface area contributed by atoms with Gasteiger partial charge in [-0.05, 0) is 18.8 Å². The van der Waals surface area contributed by atoms with Crippen molar-refractivity contribution in [2.24, 2.45) is 11.7 Å². The van der Waals surface area contributed by atoms with Crippen molar-refractivity contribution in [3.8, 4) is 0 Å². The highest BCUT2D eigenvalue weighted by Crippen LogP contribution is 2.33. The van der Waals surface area contributed by atoms with E-state index in [1.807, 2.05) is 0 Å². The minimum atomic E-state index is 0.192. The first-order chi connectivity index (χ1) is 7.26. The Labute approximate surface area is 93.8 Å². The van der Waals surface area contributed by atoms with Gasteiger partial charge in [0.05, 0.1) is 6.61 Å². The number of rotatable bonds is 6. The molecule has 0 aromatic heterocycles. The average molecular weight is 214 g/mol. The fourth-order valence-corrected chi connectivity index (χ4v) is 2.67. The van der Waals surface area contributed by atoms with Gasteiger partial charge in [-0.15, -0.1) is 0 Å². The largest absolute Gasteiger partial charge is 0.383 e. The number of methoxy groups -OCH3 is 1. The van der Waals surface area contributed by atoms with Gasteiger partial charge in [-0.1, -0.05) is 26.2 Å². The summed E-state index contributed by atoms with van der Waals surface area (Å²) < 4.78 is 5.07. The van der Waals surface area contributed by atoms with Crippen LogP contribution in [0.15, 0.2) is 0 Å². The average Bonchev–Trinajstić information content (AvgIpc) is 2.30. The number of ether oxygens (including phenoxy) is 1. The van der Waals surface area contributed by atoms with Crippen LogP contribution in [0.5, 0.6) is 0 Å². The first kappa shape index (κ1) is 12.9. The predicted molar refractivity (Wildman–Crippen MR) is 63.9 cm³/mol. The van der Waals surface area contributed by atoms with Crippen LogP contribution in [-0.2, 0) is 4.74 Å². The molecule has 0 aliphatic heterocycles. The number of hydrogen-bond acceptors (Lipinski definition) is 3. The summed E-state index contributed by atoms with van der Waals surface area (Å²) in [5.41, 5.74) is 6.13. The van der Waals surface area contributed by atoms with Gasteiger partial charge >= 0.3 is 0 Å². The minimum Gasteiger partial charge on any atom is -0.383 e. The van der Waals surface area contributed by atoms with Gasteiger partial charge in [0.15, 0.2) is 0 Å². The molecule has 1 rings (SSSR count). The van der Waals surface area contributed by atoms with Crippen molar-refractivity contribution in [1.82, 2.24) is 5.32 Å². The van der Waals surface area contributed by atoms with Crippen molar-refractivity contribution in [3.63, 3.8) is 0 Å². The minimum absolute atomic E-state index is 0.192. The summed E-state index contributed by atoms with van der Waals surface area (Å²) in [6.45, 7) is 4.74. The van der Waals surface area contributed by atoms with E-state index in [0.717, 1.165) is 25.6 Å². The first-order valence-electron chi connectivity index (χ1n) is 6.20. The Morgan fingerprint density at radius 3 is 2.93 bits per heavy atom. The third-order valence-corrected chi connectivity index (χ3v) is 3.72. The van der Waals surface area contributed by atoms with Crippen molar-refractivity contribution in [2.45, 2.75) is 44.6 Å². The molecule has 0 radical (unpaired) electrons. The summed E-state index contributed by atoms with van der Waals surface area (Å²) in [5, 5.41) is 3.60. The van der Waals surface area contributed by atoms with Gasteiger partial charge in [-0.3, -0.25) is 0 Å². The van der Waals surface area contributed by atoms with Crippen LogP contribution in [0.2, 0.25) is 0 Å². The Balaban J connectivity index is 2.43. The Bertz CT molecular complexity index is 175. The summed E-state index contributed by atoms with van der Waals surface area (Å²) in [5.74, 6) is 0.859. The second kappa shape index (κ2) is 6.46. The Morgan fingerprint density at radius 1 is 1.53 bits per heavy atom. The molecule has 1 aliphatic carbocycles. The zero-order valence-electron chi connectivity index (χ0n) is 10.2. The van der Waals surface area contributed by atoms with Crippen LogP contribution in [0, 0.1) is 5.92 Å². The Kier molecular flexibility index (Phi) is 5.58. The predicted octanol–water partition coefficient (Wildman–Crippen LogP) is 1.52. The molecule has 0 aromatic carbocycles. The molecular weight excluding hydrogens is 188 g/mol. The van der Waals surface area contributed by atoms with Gasteiger partial charge in [0, 0.05) is 25.7 Å². The smallest absolute Gasteiger partial charge is 0.0587 e. The molecule has 0 aromatic rings. The lowest BCUT2D eigenvalue weighted by molar-refractivity contribution is 0.148. The van der Waals surface area contributed by atoms with Gasteiger partial charge < -0.3 is 15.8 Å². The van der Waals surface area contributed by atoms with E-state index in [-0.39, 0.29) is 5.54 Å². The summed E-state index contributed by atoms with van der Waals surface area (Å²) in [6.07, 6.45) is 6.45. The number of nitrogens with two attached hydrogens (primary N) is 1. The van der Waals surface area contributed by atoms with E-state index in [0.29, 0.717) is 0 Å². The summed E-state index contributed by atoms with van der Waals surface area (Å²) >= 11 is 0. The highest BCUT2D eigenvalue weighted by molar-refractivity contribution is 4.94. The van der Waals surface area contributed by atoms with Crippen molar-refractivity contribution < 1.29 is 4.74 Å². The van der Waals surface area contributed by atoms with E-state index >= 15 is 0 Å². The first-order valence-corrected chi connectivity index (χ1v) is 6.20. The molecule has 0 heterocycles. The van der Waals surface area contributed by atoms with E-state index in [2.05, 4.69) is 12.2 Å². The zero-order chi connectivity index (χ0) is 11.1. The highest BCUT2D eigenvalue weighted by atomic mass is 16.5. The zero-order valence-corrected chi connectivity index (χ0v) is 10.2. The van der Waals surface area contributed by atoms with Crippen LogP contribution in [0.1, 0.15) is 39.0 Å². The molecule has 0 bridgehead atoms. The van der Waals surface area contributed by atoms with E-state index in [9.17, 15) is 0 Å². The molecule has 2 atom stereocenters. The van der Waals surface area contributed by atoms with Gasteiger partial charge in [-0.25, -0.2) is 0 Å². The SMILES string of the molecule is CCC1CCCC(CN)(NCCOC)C1. The third-order valence-electron chi connectivity index (χ3n) is 3.72. The van der Waals surface area contributed by atoms with Crippen molar-refractivity contribution in [1.29, 1.82) is 0 Å². The molecule has 1 fully saturated rings. The lowest BCUT2D eigenvalue weighted by atomic mass is 9.74. The summed E-state index contributed by atoms with van der Waals surface area (Å²) in [7, 11) is 1.74. The standard InChI is InChI=1S/C12H26N2O/c1-3-11-5-4-6-12(9-11,10-13)14-7-8-15-2/h11,14H,3-10,13H2,1-2H3. The van der Waals surface area contributed by atoms with Crippen LogP contribution in [0.25, 0.3) is 0 Å². The molecule has 0 spiro atoms. The monoisotopic (exact) mass is 214 g/mol. The van der Waals surface area contributed by atoms with Gasteiger partial charge in [0.1, 0.15) is 0 Å². The maximum atomic E-state index is 5.93. The van der Waals surface area contributed by atoms with Crippen molar-refractivity contribution >= 4 is 0 Å². The summed E-state index contributed by atoms with van der Waals surface area (Å²) in [6, 6.07) is 0. The van der Waals surface area contributed by atoms with Gasteiger partial charge in [-0.2, -0.15) is 0 Å². The molecule has 3 nitrogen and oxygen atoms in total. The van der Waals surface area contributed by atoms with Crippen molar-refractivity contribution in [2.75, 3.05) is 26.8 Å². The van der Waals surface area contributed by atoms with E-state index in [1.54, 1.807) is 7.11 Å². The maximum absolute atomic E-state index is 5.93. The third kappa shape index (κ3) is 3.74. The van der Waals surface area contributed by atoms with Crippen LogP contribution >= 0.6 is 0 Å². The Morgan fingerprint density at radius 2 is 2.33 bits per heavy atom. The number of nitrogens with one attached hydrogen (secondary N) is 1. The second-order valence-corrected chi connectivity index (χ2v) is 4.77. The molecule has 1 aliphatic rings. The highest BCUT2D eigenvalue weighted by Gasteiger charge is 2.33. The molecule has 0 saturated heterocycles. The fourth-order valence-electron chi connectivity index (χ4n) is 2.67. The lowest BCUT2D eigenvalue weighted by Gasteiger charge is -2.41. The molecule has 15 heavy (non-hydrogen) atoms. The normalized spacial score (nSPS) is 31.8. The molecule has 2 unspecified atom stereocenters. The second-order valence-electron chi connectivity index (χ2n) is 4.77. The topological polar surface area (TPSA) is 47.3 Å². The van der Waals surface area contributed by atoms with Crippen LogP contribution in [0.3, 0.4) is 0 Å². The van der Waals surface area contributed by atoms with E-state index in [4.69, 9.17) is 10.5 Å². The Hall–Kier alpha value is -0.120. The van der Waals surface area contributed by atoms with Gasteiger partial charge in [0.25, 0.3) is 0 Å². The quantitative estimate of drug-likeness (QED) is 0.659. The molecule has 1 saturated carbocycles. The number of hydrogen-bond donors (Lipinski definition) is 2. The van der Waals surface area contributed by atoms with Crippen LogP contribution < -0.4 is 11.1 Å². The van der Waals surface area contributed by atoms with E-state index in [1.165, 1.54) is 32.1 Å². The van der Waals surface area contributed by atoms with Crippen LogP contribution in [0.4, 0.5) is 0 Å². The van der Waals surface area contributed by atoms with Gasteiger partial charge in [0.2, 0.25) is 0 Å².